The second-order valence-electron chi connectivity index (χ2n) is 5.63. The maximum Gasteiger partial charge on any atom is 0.233 e. The number of anilines is 2. The number of nitrogens with zero attached hydrogens (tertiary/aromatic N) is 2. The fraction of sp³-hybridized carbons (Fsp3) is 0.353. The number of benzene rings is 1. The van der Waals surface area contributed by atoms with Gasteiger partial charge in [-0.1, -0.05) is 6.07 Å². The lowest BCUT2D eigenvalue weighted by Crippen LogP contribution is -2.40. The Labute approximate surface area is 139 Å². The van der Waals surface area contributed by atoms with Crippen molar-refractivity contribution in [3.05, 3.63) is 39.8 Å². The molecule has 1 aliphatic rings. The molecule has 2 heterocycles. The van der Waals surface area contributed by atoms with E-state index in [4.69, 9.17) is 0 Å². The molecule has 6 heteroatoms. The van der Waals surface area contributed by atoms with Gasteiger partial charge >= 0.3 is 0 Å². The third-order valence-corrected chi connectivity index (χ3v) is 4.97. The number of hydrogen-bond acceptors (Lipinski definition) is 5. The van der Waals surface area contributed by atoms with Crippen LogP contribution in [0.25, 0.3) is 0 Å². The highest BCUT2D eigenvalue weighted by Gasteiger charge is 2.27. The molecule has 0 saturated carbocycles. The highest BCUT2D eigenvalue weighted by atomic mass is 32.1. The highest BCUT2D eigenvalue weighted by molar-refractivity contribution is 7.11. The maximum atomic E-state index is 12.0. The van der Waals surface area contributed by atoms with Gasteiger partial charge in [-0.3, -0.25) is 14.5 Å². The van der Waals surface area contributed by atoms with Crippen molar-refractivity contribution in [2.45, 2.75) is 39.7 Å². The fourth-order valence-electron chi connectivity index (χ4n) is 2.59. The van der Waals surface area contributed by atoms with E-state index in [1.54, 1.807) is 17.4 Å². The van der Waals surface area contributed by atoms with Crippen molar-refractivity contribution in [2.24, 2.45) is 0 Å². The van der Waals surface area contributed by atoms with Gasteiger partial charge in [0.15, 0.2) is 0 Å². The van der Waals surface area contributed by atoms with Crippen molar-refractivity contribution in [3.63, 3.8) is 0 Å². The average Bonchev–Trinajstić information content (AvgIpc) is 2.84. The van der Waals surface area contributed by atoms with E-state index < -0.39 is 0 Å². The van der Waals surface area contributed by atoms with Crippen LogP contribution < -0.4 is 10.2 Å². The number of imide groups is 1. The van der Waals surface area contributed by atoms with Crippen LogP contribution in [0.1, 0.15) is 34.8 Å². The van der Waals surface area contributed by atoms with Crippen LogP contribution in [0.15, 0.2) is 24.3 Å². The van der Waals surface area contributed by atoms with Crippen LogP contribution in [0.2, 0.25) is 0 Å². The molecular weight excluding hydrogens is 310 g/mol. The predicted molar refractivity (Wildman–Crippen MR) is 91.7 cm³/mol. The van der Waals surface area contributed by atoms with E-state index in [9.17, 15) is 9.59 Å². The van der Waals surface area contributed by atoms with E-state index in [1.807, 2.05) is 25.1 Å². The van der Waals surface area contributed by atoms with Crippen LogP contribution >= 0.6 is 11.3 Å². The van der Waals surface area contributed by atoms with Gasteiger partial charge in [0.05, 0.1) is 17.9 Å². The summed E-state index contributed by atoms with van der Waals surface area (Å²) >= 11 is 1.67. The molecule has 120 valence electrons. The number of carbonyl (C=O) groups is 2. The summed E-state index contributed by atoms with van der Waals surface area (Å²) < 4.78 is 0. The van der Waals surface area contributed by atoms with Gasteiger partial charge in [0.1, 0.15) is 5.01 Å². The van der Waals surface area contributed by atoms with Gasteiger partial charge < -0.3 is 5.32 Å². The van der Waals surface area contributed by atoms with E-state index >= 15 is 0 Å². The minimum atomic E-state index is -0.121. The summed E-state index contributed by atoms with van der Waals surface area (Å²) in [6, 6.07) is 7.42. The summed E-state index contributed by atoms with van der Waals surface area (Å²) in [7, 11) is 0. The first kappa shape index (κ1) is 15.7. The topological polar surface area (TPSA) is 62.3 Å². The standard InChI is InChI=1S/C17H19N3O2S/c1-11-12(2)23-15(19-11)10-18-13-5-3-6-14(9-13)20-16(21)7-4-8-17(20)22/h3,5-6,9,18H,4,7-8,10H2,1-2H3. The van der Waals surface area contributed by atoms with Gasteiger partial charge in [-0.2, -0.15) is 0 Å². The SMILES string of the molecule is Cc1nc(CNc2cccc(N3C(=O)CCCC3=O)c2)sc1C. The van der Waals surface area contributed by atoms with E-state index in [2.05, 4.69) is 17.2 Å². The van der Waals surface area contributed by atoms with Crippen molar-refractivity contribution in [1.82, 2.24) is 4.98 Å². The summed E-state index contributed by atoms with van der Waals surface area (Å²) in [5.74, 6) is -0.242. The minimum absolute atomic E-state index is 0.121. The second kappa shape index (κ2) is 6.50. The van der Waals surface area contributed by atoms with Crippen LogP contribution in [0, 0.1) is 13.8 Å². The third kappa shape index (κ3) is 3.42. The number of aryl methyl sites for hydroxylation is 2. The number of nitrogens with one attached hydrogen (secondary N) is 1. The van der Waals surface area contributed by atoms with Gasteiger partial charge in [-0.05, 0) is 38.5 Å². The first-order valence-electron chi connectivity index (χ1n) is 7.67. The largest absolute Gasteiger partial charge is 0.378 e. The molecule has 0 aliphatic carbocycles. The lowest BCUT2D eigenvalue weighted by atomic mass is 10.1. The van der Waals surface area contributed by atoms with Gasteiger partial charge in [0.2, 0.25) is 11.8 Å². The Balaban J connectivity index is 1.74. The molecule has 23 heavy (non-hydrogen) atoms. The summed E-state index contributed by atoms with van der Waals surface area (Å²) in [5.41, 5.74) is 2.57. The van der Waals surface area contributed by atoms with Crippen molar-refractivity contribution in [2.75, 3.05) is 10.2 Å². The molecule has 0 spiro atoms. The summed E-state index contributed by atoms with van der Waals surface area (Å²) in [6.07, 6.45) is 1.51. The molecule has 0 unspecified atom stereocenters. The van der Waals surface area contributed by atoms with Crippen molar-refractivity contribution < 1.29 is 9.59 Å². The molecule has 1 aromatic carbocycles. The third-order valence-electron chi connectivity index (χ3n) is 3.90. The molecule has 1 aliphatic heterocycles. The van der Waals surface area contributed by atoms with E-state index in [-0.39, 0.29) is 11.8 Å². The zero-order chi connectivity index (χ0) is 16.4. The molecule has 1 fully saturated rings. The number of thiazole rings is 1. The zero-order valence-electron chi connectivity index (χ0n) is 13.3. The summed E-state index contributed by atoms with van der Waals surface area (Å²) in [4.78, 5) is 31.0. The van der Waals surface area contributed by atoms with Crippen molar-refractivity contribution in [3.8, 4) is 0 Å². The Morgan fingerprint density at radius 2 is 1.96 bits per heavy atom. The van der Waals surface area contributed by atoms with Crippen LogP contribution in [0.4, 0.5) is 11.4 Å². The normalized spacial score (nSPS) is 15.1. The number of carbonyl (C=O) groups excluding carboxylic acids is 2. The van der Waals surface area contributed by atoms with Gasteiger partial charge in [-0.15, -0.1) is 11.3 Å². The maximum absolute atomic E-state index is 12.0. The zero-order valence-corrected chi connectivity index (χ0v) is 14.1. The first-order chi connectivity index (χ1) is 11.0. The molecule has 1 aromatic heterocycles. The number of rotatable bonds is 4. The smallest absolute Gasteiger partial charge is 0.233 e. The van der Waals surface area contributed by atoms with Crippen LogP contribution in [-0.4, -0.2) is 16.8 Å². The fourth-order valence-corrected chi connectivity index (χ4v) is 3.46. The molecule has 3 rings (SSSR count). The molecule has 5 nitrogen and oxygen atoms in total. The summed E-state index contributed by atoms with van der Waals surface area (Å²) in [6.45, 7) is 4.69. The molecule has 0 bridgehead atoms. The Morgan fingerprint density at radius 1 is 1.22 bits per heavy atom. The number of hydrogen-bond donors (Lipinski definition) is 1. The molecule has 0 atom stereocenters. The van der Waals surface area contributed by atoms with Crippen molar-refractivity contribution in [1.29, 1.82) is 0 Å². The molecular formula is C17H19N3O2S. The number of amides is 2. The predicted octanol–water partition coefficient (Wildman–Crippen LogP) is 3.42. The average molecular weight is 329 g/mol. The molecule has 1 N–H and O–H groups in total. The Morgan fingerprint density at radius 3 is 2.61 bits per heavy atom. The minimum Gasteiger partial charge on any atom is -0.378 e. The molecule has 2 aromatic rings. The van der Waals surface area contributed by atoms with Gasteiger partial charge in [0, 0.05) is 23.4 Å². The summed E-state index contributed by atoms with van der Waals surface area (Å²) in [5, 5.41) is 4.33. The lowest BCUT2D eigenvalue weighted by Gasteiger charge is -2.25. The highest BCUT2D eigenvalue weighted by Crippen LogP contribution is 2.25. The number of piperidine rings is 1. The van der Waals surface area contributed by atoms with Crippen LogP contribution in [0.3, 0.4) is 0 Å². The monoisotopic (exact) mass is 329 g/mol. The Bertz CT molecular complexity index is 719. The van der Waals surface area contributed by atoms with Gasteiger partial charge in [-0.25, -0.2) is 4.98 Å². The van der Waals surface area contributed by atoms with E-state index in [0.717, 1.165) is 16.4 Å². The Hall–Kier alpha value is -2.21. The van der Waals surface area contributed by atoms with Crippen molar-refractivity contribution >= 4 is 34.5 Å². The lowest BCUT2D eigenvalue weighted by molar-refractivity contribution is -0.129. The first-order valence-corrected chi connectivity index (χ1v) is 8.49. The molecule has 1 saturated heterocycles. The Kier molecular flexibility index (Phi) is 4.43. The number of aromatic nitrogens is 1. The van der Waals surface area contributed by atoms with Crippen LogP contribution in [-0.2, 0) is 16.1 Å². The molecule has 2 amide bonds. The van der Waals surface area contributed by atoms with Crippen LogP contribution in [0.5, 0.6) is 0 Å². The van der Waals surface area contributed by atoms with E-state index in [0.29, 0.717) is 31.5 Å². The second-order valence-corrected chi connectivity index (χ2v) is 6.92. The van der Waals surface area contributed by atoms with Gasteiger partial charge in [0.25, 0.3) is 0 Å². The molecule has 0 radical (unpaired) electrons. The van der Waals surface area contributed by atoms with E-state index in [1.165, 1.54) is 9.78 Å². The quantitative estimate of drug-likeness (QED) is 0.873.